The van der Waals surface area contributed by atoms with Gasteiger partial charge in [-0.1, -0.05) is 41.9 Å². The summed E-state index contributed by atoms with van der Waals surface area (Å²) >= 11 is 6.27. The molecule has 1 atom stereocenters. The molecule has 0 radical (unpaired) electrons. The average molecular weight is 433 g/mol. The Morgan fingerprint density at radius 2 is 2.13 bits per heavy atom. The summed E-state index contributed by atoms with van der Waals surface area (Å²) in [5.74, 6) is 1.03. The number of carbonyl (C=O) groups excluding carboxylic acids is 1. The summed E-state index contributed by atoms with van der Waals surface area (Å²) in [6.07, 6.45) is 3.48. The van der Waals surface area contributed by atoms with Crippen LogP contribution in [0, 0.1) is 6.92 Å². The third kappa shape index (κ3) is 4.02. The molecular weight excluding hydrogens is 412 g/mol. The molecule has 156 valence electrons. The van der Waals surface area contributed by atoms with Crippen LogP contribution in [0.15, 0.2) is 54.9 Å². The van der Waals surface area contributed by atoms with Crippen LogP contribution in [0.1, 0.15) is 28.7 Å². The van der Waals surface area contributed by atoms with Gasteiger partial charge in [-0.2, -0.15) is 5.10 Å². The van der Waals surface area contributed by atoms with Gasteiger partial charge in [-0.05, 0) is 30.2 Å². The summed E-state index contributed by atoms with van der Waals surface area (Å²) in [6.45, 7) is 3.69. The molecule has 5 rings (SSSR count). The van der Waals surface area contributed by atoms with Gasteiger partial charge in [0.1, 0.15) is 5.82 Å². The van der Waals surface area contributed by atoms with E-state index < -0.39 is 0 Å². The van der Waals surface area contributed by atoms with Gasteiger partial charge in [0.05, 0.1) is 24.3 Å². The van der Waals surface area contributed by atoms with E-state index in [1.165, 1.54) is 0 Å². The van der Waals surface area contributed by atoms with E-state index in [0.717, 1.165) is 27.7 Å². The second-order valence-electron chi connectivity index (χ2n) is 7.80. The van der Waals surface area contributed by atoms with E-state index in [1.54, 1.807) is 12.4 Å². The Kier molecular flexibility index (Phi) is 5.13. The van der Waals surface area contributed by atoms with Gasteiger partial charge in [0.2, 0.25) is 5.91 Å². The molecule has 1 amide bonds. The number of fused-ring (bicyclic) bond motifs is 2. The van der Waals surface area contributed by atoms with Crippen LogP contribution in [-0.4, -0.2) is 37.5 Å². The summed E-state index contributed by atoms with van der Waals surface area (Å²) in [5, 5.41) is 12.8. The predicted octanol–water partition coefficient (Wildman–Crippen LogP) is 4.05. The number of aromatic nitrogens is 4. The van der Waals surface area contributed by atoms with Crippen LogP contribution in [0.5, 0.6) is 0 Å². The second-order valence-corrected chi connectivity index (χ2v) is 8.24. The molecule has 0 spiro atoms. The Bertz CT molecular complexity index is 1260. The highest BCUT2D eigenvalue weighted by Gasteiger charge is 2.31. The minimum atomic E-state index is -0.374. The van der Waals surface area contributed by atoms with Crippen molar-refractivity contribution in [3.05, 3.63) is 82.7 Å². The highest BCUT2D eigenvalue weighted by molar-refractivity contribution is 6.30. The molecule has 1 unspecified atom stereocenters. The van der Waals surface area contributed by atoms with Gasteiger partial charge in [0.15, 0.2) is 5.82 Å². The van der Waals surface area contributed by atoms with Gasteiger partial charge in [-0.15, -0.1) is 0 Å². The summed E-state index contributed by atoms with van der Waals surface area (Å²) in [6, 6.07) is 13.6. The van der Waals surface area contributed by atoms with Gasteiger partial charge in [0.25, 0.3) is 0 Å². The normalized spacial score (nSPS) is 16.3. The molecule has 1 aliphatic heterocycles. The molecule has 8 heteroatoms. The van der Waals surface area contributed by atoms with E-state index in [-0.39, 0.29) is 11.8 Å². The predicted molar refractivity (Wildman–Crippen MR) is 120 cm³/mol. The van der Waals surface area contributed by atoms with Crippen molar-refractivity contribution in [3.63, 3.8) is 0 Å². The van der Waals surface area contributed by atoms with Crippen molar-refractivity contribution >= 4 is 34.0 Å². The molecule has 2 N–H and O–H groups in total. The third-order valence-corrected chi connectivity index (χ3v) is 5.80. The maximum absolute atomic E-state index is 13.4. The van der Waals surface area contributed by atoms with Gasteiger partial charge >= 0.3 is 0 Å². The summed E-state index contributed by atoms with van der Waals surface area (Å²) in [7, 11) is 0. The standard InChI is InChI=1S/C23H21ClN6O/c1-14-26-22(29-28-14)13-30-11-16-6-7-17(24)8-19(16)20(12-30)23(31)27-21-10-25-9-15-4-2-3-5-18(15)21/h2-10,20H,11-13H2,1H3,(H,27,31)(H,26,28,29). The van der Waals surface area contributed by atoms with Crippen molar-refractivity contribution in [3.8, 4) is 0 Å². The lowest BCUT2D eigenvalue weighted by molar-refractivity contribution is -0.118. The van der Waals surface area contributed by atoms with Crippen LogP contribution in [0.3, 0.4) is 0 Å². The number of carbonyl (C=O) groups is 1. The monoisotopic (exact) mass is 432 g/mol. The molecule has 7 nitrogen and oxygen atoms in total. The largest absolute Gasteiger partial charge is 0.324 e. The third-order valence-electron chi connectivity index (χ3n) is 5.57. The van der Waals surface area contributed by atoms with Crippen molar-refractivity contribution in [1.82, 2.24) is 25.1 Å². The number of H-pyrrole nitrogens is 1. The molecule has 31 heavy (non-hydrogen) atoms. The number of nitrogens with one attached hydrogen (secondary N) is 2. The first-order valence-corrected chi connectivity index (χ1v) is 10.5. The number of halogens is 1. The molecule has 4 aromatic rings. The Morgan fingerprint density at radius 3 is 2.97 bits per heavy atom. The first-order chi connectivity index (χ1) is 15.1. The molecular formula is C23H21ClN6O. The molecule has 0 saturated carbocycles. The number of anilines is 1. The van der Waals surface area contributed by atoms with Crippen molar-refractivity contribution in [2.75, 3.05) is 11.9 Å². The molecule has 2 aromatic carbocycles. The number of aryl methyl sites for hydroxylation is 1. The number of benzene rings is 2. The minimum absolute atomic E-state index is 0.0856. The van der Waals surface area contributed by atoms with Crippen LogP contribution in [0.2, 0.25) is 5.02 Å². The van der Waals surface area contributed by atoms with Crippen LogP contribution < -0.4 is 5.32 Å². The summed E-state index contributed by atoms with van der Waals surface area (Å²) < 4.78 is 0. The van der Waals surface area contributed by atoms with Gasteiger partial charge in [-0.25, -0.2) is 4.98 Å². The Hall–Kier alpha value is -3.29. The molecule has 0 bridgehead atoms. The molecule has 0 saturated heterocycles. The van der Waals surface area contributed by atoms with Crippen molar-refractivity contribution in [2.24, 2.45) is 0 Å². The van der Waals surface area contributed by atoms with E-state index in [2.05, 4.69) is 30.4 Å². The Morgan fingerprint density at radius 1 is 1.26 bits per heavy atom. The number of pyridine rings is 1. The van der Waals surface area contributed by atoms with Gasteiger partial charge in [0, 0.05) is 35.1 Å². The molecule has 2 aromatic heterocycles. The number of nitrogens with zero attached hydrogens (tertiary/aromatic N) is 4. The van der Waals surface area contributed by atoms with Gasteiger partial charge in [-0.3, -0.25) is 19.8 Å². The van der Waals surface area contributed by atoms with Crippen molar-refractivity contribution in [1.29, 1.82) is 0 Å². The smallest absolute Gasteiger partial charge is 0.233 e. The van der Waals surface area contributed by atoms with Crippen LogP contribution in [0.25, 0.3) is 10.8 Å². The number of amides is 1. The topological polar surface area (TPSA) is 86.8 Å². The molecule has 0 fully saturated rings. The number of aromatic amines is 1. The zero-order valence-corrected chi connectivity index (χ0v) is 17.7. The van der Waals surface area contributed by atoms with E-state index in [9.17, 15) is 4.79 Å². The fourth-order valence-corrected chi connectivity index (χ4v) is 4.32. The first-order valence-electron chi connectivity index (χ1n) is 10.1. The van der Waals surface area contributed by atoms with Crippen LogP contribution >= 0.6 is 11.6 Å². The average Bonchev–Trinajstić information content (AvgIpc) is 3.18. The maximum Gasteiger partial charge on any atom is 0.233 e. The summed E-state index contributed by atoms with van der Waals surface area (Å²) in [4.78, 5) is 24.3. The van der Waals surface area contributed by atoms with Crippen molar-refractivity contribution in [2.45, 2.75) is 25.9 Å². The molecule has 3 heterocycles. The number of hydrogen-bond acceptors (Lipinski definition) is 5. The first kappa shape index (κ1) is 19.7. The van der Waals surface area contributed by atoms with Crippen LogP contribution in [-0.2, 0) is 17.9 Å². The van der Waals surface area contributed by atoms with E-state index in [4.69, 9.17) is 11.6 Å². The Labute approximate surface area is 184 Å². The highest BCUT2D eigenvalue weighted by Crippen LogP contribution is 2.33. The number of hydrogen-bond donors (Lipinski definition) is 2. The van der Waals surface area contributed by atoms with E-state index in [1.807, 2.05) is 49.4 Å². The minimum Gasteiger partial charge on any atom is -0.324 e. The van der Waals surface area contributed by atoms with Crippen molar-refractivity contribution < 1.29 is 4.79 Å². The van der Waals surface area contributed by atoms with Crippen LogP contribution in [0.4, 0.5) is 5.69 Å². The lowest BCUT2D eigenvalue weighted by Crippen LogP contribution is -2.38. The number of rotatable bonds is 4. The van der Waals surface area contributed by atoms with E-state index >= 15 is 0 Å². The fraction of sp³-hybridized carbons (Fsp3) is 0.217. The Balaban J connectivity index is 1.45. The molecule has 0 aliphatic carbocycles. The zero-order valence-electron chi connectivity index (χ0n) is 17.0. The maximum atomic E-state index is 13.4. The lowest BCUT2D eigenvalue weighted by atomic mass is 9.89. The lowest BCUT2D eigenvalue weighted by Gasteiger charge is -2.33. The van der Waals surface area contributed by atoms with Gasteiger partial charge < -0.3 is 5.32 Å². The molecule has 1 aliphatic rings. The summed E-state index contributed by atoms with van der Waals surface area (Å²) in [5.41, 5.74) is 2.74. The fourth-order valence-electron chi connectivity index (χ4n) is 4.14. The zero-order chi connectivity index (χ0) is 21.4. The quantitative estimate of drug-likeness (QED) is 0.508. The second kappa shape index (κ2) is 8.09. The highest BCUT2D eigenvalue weighted by atomic mass is 35.5. The van der Waals surface area contributed by atoms with E-state index in [0.29, 0.717) is 36.2 Å². The SMILES string of the molecule is Cc1nc(CN2Cc3ccc(Cl)cc3C(C(=O)Nc3cncc4ccccc34)C2)n[nH]1.